The van der Waals surface area contributed by atoms with Gasteiger partial charge in [-0.05, 0) is 26.2 Å². The zero-order valence-corrected chi connectivity index (χ0v) is 11.1. The second-order valence-corrected chi connectivity index (χ2v) is 5.78. The second-order valence-electron chi connectivity index (χ2n) is 4.92. The highest BCUT2D eigenvalue weighted by Gasteiger charge is 2.31. The molecule has 1 aromatic heterocycles. The van der Waals surface area contributed by atoms with E-state index in [1.54, 1.807) is 0 Å². The molecule has 1 aliphatic rings. The minimum atomic E-state index is -0.495. The van der Waals surface area contributed by atoms with Crippen LogP contribution >= 0.6 is 11.3 Å². The van der Waals surface area contributed by atoms with E-state index in [0.29, 0.717) is 17.6 Å². The van der Waals surface area contributed by atoms with E-state index >= 15 is 0 Å². The van der Waals surface area contributed by atoms with Gasteiger partial charge in [0.25, 0.3) is 0 Å². The Labute approximate surface area is 106 Å². The Morgan fingerprint density at radius 2 is 2.41 bits per heavy atom. The molecule has 0 bridgehead atoms. The van der Waals surface area contributed by atoms with E-state index in [9.17, 15) is 4.79 Å². The van der Waals surface area contributed by atoms with Crippen molar-refractivity contribution >= 4 is 22.4 Å². The molecule has 4 nitrogen and oxygen atoms in total. The van der Waals surface area contributed by atoms with Crippen LogP contribution in [0.1, 0.15) is 44.7 Å². The number of carbonyl (C=O) groups excluding carboxylic acids is 1. The molecule has 0 radical (unpaired) electrons. The zero-order chi connectivity index (χ0) is 12.5. The number of rotatable bonds is 5. The maximum atomic E-state index is 12.1. The number of aromatic nitrogens is 1. The molecule has 1 fully saturated rings. The number of nitrogens with two attached hydrogens (primary N) is 1. The molecule has 94 valence electrons. The van der Waals surface area contributed by atoms with Gasteiger partial charge in [0.2, 0.25) is 5.91 Å². The van der Waals surface area contributed by atoms with Crippen LogP contribution in [0.25, 0.3) is 0 Å². The minimum Gasteiger partial charge on any atom is -0.329 e. The van der Waals surface area contributed by atoms with Gasteiger partial charge in [0, 0.05) is 17.8 Å². The number of thiazole rings is 1. The molecule has 5 heteroatoms. The quantitative estimate of drug-likeness (QED) is 0.846. The number of hydrogen-bond acceptors (Lipinski definition) is 4. The molecule has 1 aromatic rings. The van der Waals surface area contributed by atoms with Crippen LogP contribution in [-0.4, -0.2) is 17.4 Å². The Morgan fingerprint density at radius 1 is 1.71 bits per heavy atom. The van der Waals surface area contributed by atoms with Gasteiger partial charge in [-0.3, -0.25) is 4.79 Å². The summed E-state index contributed by atoms with van der Waals surface area (Å²) >= 11 is 1.50. The number of carbonyl (C=O) groups is 1. The van der Waals surface area contributed by atoms with Crippen LogP contribution in [0.15, 0.2) is 5.38 Å². The van der Waals surface area contributed by atoms with E-state index < -0.39 is 5.41 Å². The van der Waals surface area contributed by atoms with Crippen molar-refractivity contribution in [2.45, 2.75) is 39.0 Å². The fourth-order valence-electron chi connectivity index (χ4n) is 1.56. The maximum absolute atomic E-state index is 12.1. The van der Waals surface area contributed by atoms with Gasteiger partial charge in [-0.2, -0.15) is 0 Å². The Morgan fingerprint density at radius 3 is 2.94 bits per heavy atom. The van der Waals surface area contributed by atoms with Crippen molar-refractivity contribution in [1.82, 2.24) is 4.98 Å². The normalized spacial score (nSPS) is 18.8. The fraction of sp³-hybridized carbons (Fsp3) is 0.667. The first-order chi connectivity index (χ1) is 8.09. The van der Waals surface area contributed by atoms with Gasteiger partial charge < -0.3 is 11.1 Å². The monoisotopic (exact) mass is 253 g/mol. The highest BCUT2D eigenvalue weighted by molar-refractivity contribution is 7.13. The van der Waals surface area contributed by atoms with E-state index in [2.05, 4.69) is 10.3 Å². The van der Waals surface area contributed by atoms with Gasteiger partial charge in [-0.25, -0.2) is 4.98 Å². The highest BCUT2D eigenvalue weighted by Crippen LogP contribution is 2.41. The van der Waals surface area contributed by atoms with Crippen LogP contribution in [0.2, 0.25) is 0 Å². The Hall–Kier alpha value is -0.940. The average Bonchev–Trinajstić information content (AvgIpc) is 3.09. The van der Waals surface area contributed by atoms with Crippen molar-refractivity contribution in [3.05, 3.63) is 11.1 Å². The summed E-state index contributed by atoms with van der Waals surface area (Å²) in [6.07, 6.45) is 3.19. The number of nitrogens with zero attached hydrogens (tertiary/aromatic N) is 1. The fourth-order valence-corrected chi connectivity index (χ4v) is 2.34. The number of hydrogen-bond donors (Lipinski definition) is 2. The molecule has 0 aromatic carbocycles. The SMILES string of the molecule is CCC(C)(CN)C(=O)Nc1nc(C2CC2)cs1. The predicted molar refractivity (Wildman–Crippen MR) is 70.2 cm³/mol. The topological polar surface area (TPSA) is 68.0 Å². The molecular weight excluding hydrogens is 234 g/mol. The van der Waals surface area contributed by atoms with Gasteiger partial charge in [-0.1, -0.05) is 6.92 Å². The van der Waals surface area contributed by atoms with Crippen LogP contribution in [0, 0.1) is 5.41 Å². The summed E-state index contributed by atoms with van der Waals surface area (Å²) in [5.41, 5.74) is 6.28. The summed E-state index contributed by atoms with van der Waals surface area (Å²) in [4.78, 5) is 16.5. The van der Waals surface area contributed by atoms with Crippen molar-refractivity contribution in [2.24, 2.45) is 11.1 Å². The number of anilines is 1. The summed E-state index contributed by atoms with van der Waals surface area (Å²) in [7, 11) is 0. The first-order valence-electron chi connectivity index (χ1n) is 6.06. The Bertz CT molecular complexity index is 408. The molecule has 1 atom stereocenters. The van der Waals surface area contributed by atoms with Gasteiger partial charge in [0.05, 0.1) is 11.1 Å². The van der Waals surface area contributed by atoms with Gasteiger partial charge in [0.1, 0.15) is 0 Å². The van der Waals surface area contributed by atoms with Crippen LogP contribution < -0.4 is 11.1 Å². The van der Waals surface area contributed by atoms with E-state index in [4.69, 9.17) is 5.73 Å². The third-order valence-corrected chi connectivity index (χ3v) is 4.29. The zero-order valence-electron chi connectivity index (χ0n) is 10.3. The average molecular weight is 253 g/mol. The van der Waals surface area contributed by atoms with Crippen molar-refractivity contribution in [3.63, 3.8) is 0 Å². The molecule has 1 saturated carbocycles. The Kier molecular flexibility index (Phi) is 3.49. The van der Waals surface area contributed by atoms with Crippen LogP contribution in [-0.2, 0) is 4.79 Å². The molecule has 1 unspecified atom stereocenters. The van der Waals surface area contributed by atoms with E-state index in [-0.39, 0.29) is 5.91 Å². The number of nitrogens with one attached hydrogen (secondary N) is 1. The van der Waals surface area contributed by atoms with E-state index in [0.717, 1.165) is 12.1 Å². The lowest BCUT2D eigenvalue weighted by atomic mass is 9.87. The smallest absolute Gasteiger partial charge is 0.233 e. The summed E-state index contributed by atoms with van der Waals surface area (Å²) in [6, 6.07) is 0. The Balaban J connectivity index is 2.01. The van der Waals surface area contributed by atoms with Crippen LogP contribution in [0.4, 0.5) is 5.13 Å². The lowest BCUT2D eigenvalue weighted by molar-refractivity contribution is -0.124. The van der Waals surface area contributed by atoms with E-state index in [1.165, 1.54) is 24.2 Å². The first kappa shape index (κ1) is 12.5. The standard InChI is InChI=1S/C12H19N3OS/c1-3-12(2,7-13)10(16)15-11-14-9(6-17-11)8-4-5-8/h6,8H,3-5,7,13H2,1-2H3,(H,14,15,16). The van der Waals surface area contributed by atoms with E-state index in [1.807, 2.05) is 19.2 Å². The highest BCUT2D eigenvalue weighted by atomic mass is 32.1. The lowest BCUT2D eigenvalue weighted by Crippen LogP contribution is -2.39. The molecule has 0 spiro atoms. The largest absolute Gasteiger partial charge is 0.329 e. The summed E-state index contributed by atoms with van der Waals surface area (Å²) < 4.78 is 0. The second kappa shape index (κ2) is 4.74. The van der Waals surface area contributed by atoms with Gasteiger partial charge >= 0.3 is 0 Å². The van der Waals surface area contributed by atoms with Crippen molar-refractivity contribution in [2.75, 3.05) is 11.9 Å². The number of amides is 1. The van der Waals surface area contributed by atoms with Crippen molar-refractivity contribution < 1.29 is 4.79 Å². The van der Waals surface area contributed by atoms with Gasteiger partial charge in [0.15, 0.2) is 5.13 Å². The summed E-state index contributed by atoms with van der Waals surface area (Å²) in [6.45, 7) is 4.22. The maximum Gasteiger partial charge on any atom is 0.233 e. The summed E-state index contributed by atoms with van der Waals surface area (Å²) in [5, 5.41) is 5.62. The predicted octanol–water partition coefficient (Wildman–Crippen LogP) is 2.33. The molecule has 17 heavy (non-hydrogen) atoms. The van der Waals surface area contributed by atoms with Crippen LogP contribution in [0.5, 0.6) is 0 Å². The molecule has 3 N–H and O–H groups in total. The first-order valence-corrected chi connectivity index (χ1v) is 6.94. The van der Waals surface area contributed by atoms with Crippen molar-refractivity contribution in [3.8, 4) is 0 Å². The molecule has 0 saturated heterocycles. The molecule has 1 heterocycles. The van der Waals surface area contributed by atoms with Gasteiger partial charge in [-0.15, -0.1) is 11.3 Å². The van der Waals surface area contributed by atoms with Crippen molar-refractivity contribution in [1.29, 1.82) is 0 Å². The molecule has 0 aliphatic heterocycles. The molecular formula is C12H19N3OS. The summed E-state index contributed by atoms with van der Waals surface area (Å²) in [5.74, 6) is 0.600. The lowest BCUT2D eigenvalue weighted by Gasteiger charge is -2.24. The third-order valence-electron chi connectivity index (χ3n) is 3.52. The molecule has 1 aliphatic carbocycles. The molecule has 1 amide bonds. The third kappa shape index (κ3) is 2.66. The van der Waals surface area contributed by atoms with Crippen LogP contribution in [0.3, 0.4) is 0 Å². The molecule has 2 rings (SSSR count). The minimum absolute atomic E-state index is 0.0285.